The zero-order chi connectivity index (χ0) is 8.97. The Morgan fingerprint density at radius 3 is 2.67 bits per heavy atom. The van der Waals surface area contributed by atoms with Crippen LogP contribution in [0.4, 0.5) is 0 Å². The summed E-state index contributed by atoms with van der Waals surface area (Å²) in [4.78, 5) is 13.2. The van der Waals surface area contributed by atoms with Crippen molar-refractivity contribution in [3.8, 4) is 0 Å². The van der Waals surface area contributed by atoms with Gasteiger partial charge in [-0.2, -0.15) is 0 Å². The lowest BCUT2D eigenvalue weighted by Crippen LogP contribution is -2.30. The summed E-state index contributed by atoms with van der Waals surface area (Å²) in [5.74, 6) is -0.0752. The van der Waals surface area contributed by atoms with Crippen molar-refractivity contribution in [3.05, 3.63) is 18.0 Å². The van der Waals surface area contributed by atoms with Crippen molar-refractivity contribution in [2.24, 2.45) is 0 Å². The van der Waals surface area contributed by atoms with Gasteiger partial charge in [0.1, 0.15) is 6.26 Å². The molecule has 1 heterocycles. The molecule has 0 fully saturated rings. The molecule has 0 atom stereocenters. The molecule has 0 aliphatic carbocycles. The first kappa shape index (κ1) is 8.77. The molecule has 0 N–H and O–H groups in total. The number of carbonyl (C=O) groups is 1. The van der Waals surface area contributed by atoms with Gasteiger partial charge in [-0.25, -0.2) is 0 Å². The minimum atomic E-state index is -0.0752. The molecule has 0 radical (unpaired) electrons. The van der Waals surface area contributed by atoms with Crippen molar-refractivity contribution >= 4 is 5.91 Å². The Kier molecular flexibility index (Phi) is 2.85. The molecule has 4 nitrogen and oxygen atoms in total. The van der Waals surface area contributed by atoms with E-state index < -0.39 is 0 Å². The number of nitrogens with zero attached hydrogens (tertiary/aromatic N) is 2. The summed E-state index contributed by atoms with van der Waals surface area (Å²) >= 11 is 0. The van der Waals surface area contributed by atoms with E-state index in [0.717, 1.165) is 0 Å². The fraction of sp³-hybridized carbons (Fsp3) is 0.500. The van der Waals surface area contributed by atoms with Crippen LogP contribution >= 0.6 is 0 Å². The maximum atomic E-state index is 11.5. The molecule has 0 aliphatic heterocycles. The molecule has 4 heteroatoms. The van der Waals surface area contributed by atoms with E-state index in [9.17, 15) is 4.79 Å². The molecule has 0 aliphatic rings. The average Bonchev–Trinajstić information content (AvgIpc) is 2.58. The van der Waals surface area contributed by atoms with Gasteiger partial charge in [0.05, 0.1) is 0 Å². The Labute approximate surface area is 71.1 Å². The molecule has 0 saturated heterocycles. The smallest absolute Gasteiger partial charge is 0.276 e. The van der Waals surface area contributed by atoms with Crippen molar-refractivity contribution < 1.29 is 9.32 Å². The summed E-state index contributed by atoms with van der Waals surface area (Å²) in [5, 5.41) is 3.57. The highest BCUT2D eigenvalue weighted by Crippen LogP contribution is 2.00. The molecule has 0 bridgehead atoms. The van der Waals surface area contributed by atoms with Crippen molar-refractivity contribution in [2.75, 3.05) is 13.1 Å². The summed E-state index contributed by atoms with van der Waals surface area (Å²) < 4.78 is 4.58. The summed E-state index contributed by atoms with van der Waals surface area (Å²) in [5.41, 5.74) is 0.374. The van der Waals surface area contributed by atoms with Gasteiger partial charge in [0, 0.05) is 19.2 Å². The van der Waals surface area contributed by atoms with Crippen LogP contribution in [0.15, 0.2) is 16.9 Å². The molecule has 0 spiro atoms. The number of hydrogen-bond donors (Lipinski definition) is 0. The topological polar surface area (TPSA) is 46.3 Å². The first-order valence-corrected chi connectivity index (χ1v) is 3.99. The Hall–Kier alpha value is -1.32. The Morgan fingerprint density at radius 1 is 1.58 bits per heavy atom. The van der Waals surface area contributed by atoms with E-state index in [4.69, 9.17) is 0 Å². The van der Waals surface area contributed by atoms with Crippen molar-refractivity contribution in [1.82, 2.24) is 10.1 Å². The predicted molar refractivity (Wildman–Crippen MR) is 43.8 cm³/mol. The number of amides is 1. The van der Waals surface area contributed by atoms with Crippen LogP contribution in [-0.2, 0) is 0 Å². The first-order chi connectivity index (χ1) is 5.79. The van der Waals surface area contributed by atoms with Crippen molar-refractivity contribution in [1.29, 1.82) is 0 Å². The van der Waals surface area contributed by atoms with Gasteiger partial charge in [-0.15, -0.1) is 0 Å². The average molecular weight is 168 g/mol. The summed E-state index contributed by atoms with van der Waals surface area (Å²) in [6, 6.07) is 1.57. The lowest BCUT2D eigenvalue weighted by Gasteiger charge is -2.16. The van der Waals surface area contributed by atoms with Gasteiger partial charge >= 0.3 is 0 Å². The zero-order valence-electron chi connectivity index (χ0n) is 7.28. The van der Waals surface area contributed by atoms with Gasteiger partial charge in [-0.1, -0.05) is 5.16 Å². The largest absolute Gasteiger partial charge is 0.364 e. The third-order valence-electron chi connectivity index (χ3n) is 1.71. The first-order valence-electron chi connectivity index (χ1n) is 3.99. The number of hydrogen-bond acceptors (Lipinski definition) is 3. The molecule has 66 valence electrons. The third-order valence-corrected chi connectivity index (χ3v) is 1.71. The Balaban J connectivity index is 2.70. The van der Waals surface area contributed by atoms with E-state index in [1.54, 1.807) is 11.0 Å². The fourth-order valence-electron chi connectivity index (χ4n) is 0.996. The predicted octanol–water partition coefficient (Wildman–Crippen LogP) is 1.16. The molecule has 1 aromatic heterocycles. The Bertz CT molecular complexity index is 240. The van der Waals surface area contributed by atoms with Crippen LogP contribution in [0.5, 0.6) is 0 Å². The van der Waals surface area contributed by atoms with E-state index >= 15 is 0 Å². The second-order valence-corrected chi connectivity index (χ2v) is 2.36. The second-order valence-electron chi connectivity index (χ2n) is 2.36. The van der Waals surface area contributed by atoms with E-state index in [1.165, 1.54) is 6.26 Å². The number of rotatable bonds is 3. The fourth-order valence-corrected chi connectivity index (χ4v) is 0.996. The standard InChI is InChI=1S/C8H12N2O2/c1-3-10(4-2)8(11)7-5-6-12-9-7/h5-6H,3-4H2,1-2H3. The zero-order valence-corrected chi connectivity index (χ0v) is 7.28. The van der Waals surface area contributed by atoms with Crippen LogP contribution in [0.3, 0.4) is 0 Å². The van der Waals surface area contributed by atoms with Gasteiger partial charge in [0.15, 0.2) is 5.69 Å². The van der Waals surface area contributed by atoms with Gasteiger partial charge < -0.3 is 9.42 Å². The van der Waals surface area contributed by atoms with Crippen LogP contribution in [0.25, 0.3) is 0 Å². The summed E-state index contributed by atoms with van der Waals surface area (Å²) in [7, 11) is 0. The van der Waals surface area contributed by atoms with Gasteiger partial charge in [-0.05, 0) is 13.8 Å². The van der Waals surface area contributed by atoms with Crippen LogP contribution in [0, 0.1) is 0 Å². The van der Waals surface area contributed by atoms with Gasteiger partial charge in [-0.3, -0.25) is 4.79 Å². The van der Waals surface area contributed by atoms with E-state index in [-0.39, 0.29) is 5.91 Å². The monoisotopic (exact) mass is 168 g/mol. The van der Waals surface area contributed by atoms with E-state index in [1.807, 2.05) is 13.8 Å². The van der Waals surface area contributed by atoms with E-state index in [0.29, 0.717) is 18.8 Å². The minimum Gasteiger partial charge on any atom is -0.364 e. The van der Waals surface area contributed by atoms with Crippen LogP contribution in [-0.4, -0.2) is 29.1 Å². The third kappa shape index (κ3) is 1.64. The maximum Gasteiger partial charge on any atom is 0.276 e. The number of carbonyl (C=O) groups excluding carboxylic acids is 1. The van der Waals surface area contributed by atoms with Crippen molar-refractivity contribution in [3.63, 3.8) is 0 Å². The highest BCUT2D eigenvalue weighted by molar-refractivity contribution is 5.91. The summed E-state index contributed by atoms with van der Waals surface area (Å²) in [6.45, 7) is 5.26. The second kappa shape index (κ2) is 3.90. The molecular formula is C8H12N2O2. The SMILES string of the molecule is CCN(CC)C(=O)c1ccon1. The molecule has 12 heavy (non-hydrogen) atoms. The molecular weight excluding hydrogens is 156 g/mol. The van der Waals surface area contributed by atoms with Crippen molar-refractivity contribution in [2.45, 2.75) is 13.8 Å². The van der Waals surface area contributed by atoms with Gasteiger partial charge in [0.25, 0.3) is 5.91 Å². The Morgan fingerprint density at radius 2 is 2.25 bits per heavy atom. The maximum absolute atomic E-state index is 11.5. The molecule has 0 unspecified atom stereocenters. The van der Waals surface area contributed by atoms with Crippen LogP contribution < -0.4 is 0 Å². The normalized spacial score (nSPS) is 9.83. The highest BCUT2D eigenvalue weighted by Gasteiger charge is 2.14. The minimum absolute atomic E-state index is 0.0752. The molecule has 1 aromatic rings. The molecule has 0 saturated carbocycles. The summed E-state index contributed by atoms with van der Waals surface area (Å²) in [6.07, 6.45) is 1.40. The quantitative estimate of drug-likeness (QED) is 0.680. The molecule has 0 aromatic carbocycles. The van der Waals surface area contributed by atoms with E-state index in [2.05, 4.69) is 9.68 Å². The molecule has 1 rings (SSSR count). The lowest BCUT2D eigenvalue weighted by atomic mass is 10.3. The highest BCUT2D eigenvalue weighted by atomic mass is 16.5. The number of aromatic nitrogens is 1. The van der Waals surface area contributed by atoms with Gasteiger partial charge in [0.2, 0.25) is 0 Å². The van der Waals surface area contributed by atoms with Crippen LogP contribution in [0.2, 0.25) is 0 Å². The molecule has 1 amide bonds. The lowest BCUT2D eigenvalue weighted by molar-refractivity contribution is 0.0762. The van der Waals surface area contributed by atoms with Crippen LogP contribution in [0.1, 0.15) is 24.3 Å².